The second-order valence-corrected chi connectivity index (χ2v) is 6.07. The summed E-state index contributed by atoms with van der Waals surface area (Å²) >= 11 is 0. The lowest BCUT2D eigenvalue weighted by atomic mass is 9.84. The normalized spacial score (nSPS) is 23.2. The lowest BCUT2D eigenvalue weighted by Gasteiger charge is -2.22. The molecule has 0 bridgehead atoms. The summed E-state index contributed by atoms with van der Waals surface area (Å²) in [5.74, 6) is 1.60. The van der Waals surface area contributed by atoms with Gasteiger partial charge in [0, 0.05) is 18.3 Å². The molecule has 2 aliphatic rings. The first-order valence-electron chi connectivity index (χ1n) is 7.87. The monoisotopic (exact) mass is 271 g/mol. The van der Waals surface area contributed by atoms with Gasteiger partial charge in [0.15, 0.2) is 0 Å². The Morgan fingerprint density at radius 1 is 1.10 bits per heavy atom. The van der Waals surface area contributed by atoms with Gasteiger partial charge in [0.05, 0.1) is 5.82 Å². The fraction of sp³-hybridized carbons (Fsp3) is 0.529. The Morgan fingerprint density at radius 2 is 1.85 bits per heavy atom. The van der Waals surface area contributed by atoms with E-state index in [9.17, 15) is 0 Å². The minimum Gasteiger partial charge on any atom is -0.386 e. The second-order valence-electron chi connectivity index (χ2n) is 6.07. The maximum absolute atomic E-state index is 5.72. The van der Waals surface area contributed by atoms with Crippen molar-refractivity contribution in [3.8, 4) is 0 Å². The van der Waals surface area contributed by atoms with E-state index >= 15 is 0 Å². The fourth-order valence-electron chi connectivity index (χ4n) is 3.31. The highest BCUT2D eigenvalue weighted by Gasteiger charge is 2.15. The van der Waals surface area contributed by atoms with E-state index in [0.29, 0.717) is 6.04 Å². The molecular formula is C17H25N3. The van der Waals surface area contributed by atoms with Crippen LogP contribution in [-0.2, 0) is 0 Å². The van der Waals surface area contributed by atoms with Crippen LogP contribution in [0.5, 0.6) is 0 Å². The molecule has 108 valence electrons. The lowest BCUT2D eigenvalue weighted by Crippen LogP contribution is -2.32. The van der Waals surface area contributed by atoms with Crippen LogP contribution < -0.4 is 16.4 Å². The average Bonchev–Trinajstić information content (AvgIpc) is 2.92. The van der Waals surface area contributed by atoms with Crippen LogP contribution in [0.25, 0.3) is 0 Å². The molecule has 1 aromatic rings. The van der Waals surface area contributed by atoms with Crippen molar-refractivity contribution in [3.63, 3.8) is 0 Å². The van der Waals surface area contributed by atoms with Gasteiger partial charge in [0.1, 0.15) is 0 Å². The van der Waals surface area contributed by atoms with E-state index in [1.54, 1.807) is 0 Å². The van der Waals surface area contributed by atoms with Gasteiger partial charge < -0.3 is 16.4 Å². The molecule has 1 atom stereocenters. The highest BCUT2D eigenvalue weighted by atomic mass is 15.1. The Kier molecular flexibility index (Phi) is 4.14. The van der Waals surface area contributed by atoms with E-state index in [4.69, 9.17) is 5.73 Å². The fourth-order valence-corrected chi connectivity index (χ4v) is 3.31. The van der Waals surface area contributed by atoms with Crippen LogP contribution in [0.2, 0.25) is 0 Å². The predicted octanol–water partition coefficient (Wildman–Crippen LogP) is 3.31. The number of rotatable bonds is 4. The first-order chi connectivity index (χ1) is 9.81. The van der Waals surface area contributed by atoms with Crippen molar-refractivity contribution in [2.75, 3.05) is 11.9 Å². The molecule has 3 nitrogen and oxygen atoms in total. The van der Waals surface area contributed by atoms with E-state index < -0.39 is 0 Å². The molecule has 1 fully saturated rings. The van der Waals surface area contributed by atoms with Crippen LogP contribution in [0.3, 0.4) is 0 Å². The summed E-state index contributed by atoms with van der Waals surface area (Å²) in [5.41, 5.74) is 8.44. The second kappa shape index (κ2) is 6.21. The summed E-state index contributed by atoms with van der Waals surface area (Å²) in [4.78, 5) is 0. The van der Waals surface area contributed by atoms with E-state index in [-0.39, 0.29) is 0 Å². The van der Waals surface area contributed by atoms with Crippen molar-refractivity contribution in [1.82, 2.24) is 5.32 Å². The quantitative estimate of drug-likeness (QED) is 0.787. The Balaban J connectivity index is 1.51. The van der Waals surface area contributed by atoms with Gasteiger partial charge in [-0.3, -0.25) is 0 Å². The van der Waals surface area contributed by atoms with Gasteiger partial charge in [-0.1, -0.05) is 31.4 Å². The molecule has 0 radical (unpaired) electrons. The van der Waals surface area contributed by atoms with Gasteiger partial charge in [-0.05, 0) is 49.0 Å². The van der Waals surface area contributed by atoms with Gasteiger partial charge in [-0.2, -0.15) is 0 Å². The molecular weight excluding hydrogens is 246 g/mol. The molecule has 3 rings (SSSR count). The van der Waals surface area contributed by atoms with Crippen LogP contribution in [0.1, 0.15) is 50.0 Å². The summed E-state index contributed by atoms with van der Waals surface area (Å²) in [6.45, 7) is 0.917. The average molecular weight is 271 g/mol. The molecule has 0 saturated heterocycles. The SMILES string of the molecule is NC1=CCC(CNc2ccc(C3CCCCC3)cc2)N1. The largest absolute Gasteiger partial charge is 0.386 e. The number of nitrogens with two attached hydrogens (primary N) is 1. The summed E-state index contributed by atoms with van der Waals surface area (Å²) in [6.07, 6.45) is 10.0. The number of nitrogens with one attached hydrogen (secondary N) is 2. The van der Waals surface area contributed by atoms with Gasteiger partial charge >= 0.3 is 0 Å². The number of benzene rings is 1. The Hall–Kier alpha value is -1.64. The Bertz CT molecular complexity index is 458. The van der Waals surface area contributed by atoms with Gasteiger partial charge in [0.25, 0.3) is 0 Å². The molecule has 0 amide bonds. The maximum atomic E-state index is 5.72. The van der Waals surface area contributed by atoms with Crippen LogP contribution in [0, 0.1) is 0 Å². The third kappa shape index (κ3) is 3.27. The molecule has 0 spiro atoms. The first-order valence-corrected chi connectivity index (χ1v) is 7.87. The van der Waals surface area contributed by atoms with Crippen LogP contribution in [0.15, 0.2) is 36.2 Å². The molecule has 4 N–H and O–H groups in total. The van der Waals surface area contributed by atoms with Crippen molar-refractivity contribution in [3.05, 3.63) is 41.7 Å². The number of anilines is 1. The number of hydrogen-bond donors (Lipinski definition) is 3. The Labute approximate surface area is 121 Å². The standard InChI is InChI=1S/C17H25N3/c18-17-11-10-16(20-17)12-19-15-8-6-14(7-9-15)13-4-2-1-3-5-13/h6-9,11,13,16,19-20H,1-5,10,12,18H2. The highest BCUT2D eigenvalue weighted by molar-refractivity contribution is 5.45. The minimum atomic E-state index is 0.424. The van der Waals surface area contributed by atoms with Crippen LogP contribution in [-0.4, -0.2) is 12.6 Å². The predicted molar refractivity (Wildman–Crippen MR) is 84.6 cm³/mol. The summed E-state index contributed by atoms with van der Waals surface area (Å²) in [6, 6.07) is 9.46. The van der Waals surface area contributed by atoms with E-state index in [1.807, 2.05) is 0 Å². The molecule has 0 aromatic heterocycles. The Morgan fingerprint density at radius 3 is 2.50 bits per heavy atom. The van der Waals surface area contributed by atoms with Gasteiger partial charge in [-0.25, -0.2) is 0 Å². The molecule has 1 aromatic carbocycles. The third-order valence-corrected chi connectivity index (χ3v) is 4.53. The maximum Gasteiger partial charge on any atom is 0.0922 e. The van der Waals surface area contributed by atoms with E-state index in [1.165, 1.54) is 43.4 Å². The summed E-state index contributed by atoms with van der Waals surface area (Å²) in [7, 11) is 0. The van der Waals surface area contributed by atoms with Gasteiger partial charge in [0.2, 0.25) is 0 Å². The van der Waals surface area contributed by atoms with E-state index in [2.05, 4.69) is 41.0 Å². The zero-order valence-corrected chi connectivity index (χ0v) is 12.1. The smallest absolute Gasteiger partial charge is 0.0922 e. The minimum absolute atomic E-state index is 0.424. The molecule has 1 aliphatic heterocycles. The topological polar surface area (TPSA) is 50.1 Å². The molecule has 3 heteroatoms. The highest BCUT2D eigenvalue weighted by Crippen LogP contribution is 2.32. The lowest BCUT2D eigenvalue weighted by molar-refractivity contribution is 0.443. The van der Waals surface area contributed by atoms with Crippen molar-refractivity contribution >= 4 is 5.69 Å². The summed E-state index contributed by atoms with van der Waals surface area (Å²) in [5, 5.41) is 6.75. The zero-order valence-electron chi connectivity index (χ0n) is 12.1. The third-order valence-electron chi connectivity index (χ3n) is 4.53. The molecule has 1 saturated carbocycles. The number of hydrogen-bond acceptors (Lipinski definition) is 3. The molecule has 1 unspecified atom stereocenters. The van der Waals surface area contributed by atoms with Crippen LogP contribution >= 0.6 is 0 Å². The van der Waals surface area contributed by atoms with Crippen molar-refractivity contribution in [2.45, 2.75) is 50.5 Å². The van der Waals surface area contributed by atoms with Crippen molar-refractivity contribution in [1.29, 1.82) is 0 Å². The molecule has 1 heterocycles. The van der Waals surface area contributed by atoms with Crippen molar-refractivity contribution in [2.24, 2.45) is 5.73 Å². The molecule has 1 aliphatic carbocycles. The van der Waals surface area contributed by atoms with Crippen molar-refractivity contribution < 1.29 is 0 Å². The molecule has 20 heavy (non-hydrogen) atoms. The summed E-state index contributed by atoms with van der Waals surface area (Å²) < 4.78 is 0. The zero-order chi connectivity index (χ0) is 13.8. The first kappa shape index (κ1) is 13.3. The van der Waals surface area contributed by atoms with Crippen LogP contribution in [0.4, 0.5) is 5.69 Å². The van der Waals surface area contributed by atoms with Gasteiger partial charge in [-0.15, -0.1) is 0 Å². The van der Waals surface area contributed by atoms with E-state index in [0.717, 1.165) is 24.7 Å².